The molecule has 0 aliphatic carbocycles. The number of para-hydroxylation sites is 1. The second-order valence-electron chi connectivity index (χ2n) is 3.48. The molecule has 2 aromatic rings. The first-order valence-electron chi connectivity index (χ1n) is 4.99. The van der Waals surface area contributed by atoms with Crippen LogP contribution >= 0.6 is 0 Å². The minimum atomic E-state index is -0.398. The summed E-state index contributed by atoms with van der Waals surface area (Å²) >= 11 is 0. The number of H-pyrrole nitrogens is 2. The van der Waals surface area contributed by atoms with Crippen LogP contribution in [0.25, 0.3) is 0 Å². The van der Waals surface area contributed by atoms with Gasteiger partial charge in [0.2, 0.25) is 0 Å². The van der Waals surface area contributed by atoms with Crippen molar-refractivity contribution in [3.63, 3.8) is 0 Å². The highest BCUT2D eigenvalue weighted by Crippen LogP contribution is 2.14. The Hall–Kier alpha value is -2.50. The number of aromatic amines is 2. The predicted molar refractivity (Wildman–Crippen MR) is 60.7 cm³/mol. The highest BCUT2D eigenvalue weighted by Gasteiger charge is 2.09. The Bertz CT molecular complexity index is 585. The van der Waals surface area contributed by atoms with Gasteiger partial charge in [0.15, 0.2) is 0 Å². The molecule has 88 valence electrons. The number of hydrogen-bond donors (Lipinski definition) is 4. The molecule has 0 saturated carbocycles. The molecule has 2 rings (SSSR count). The molecule has 0 fully saturated rings. The van der Waals surface area contributed by atoms with Crippen LogP contribution in [-0.4, -0.2) is 21.2 Å². The van der Waals surface area contributed by atoms with Gasteiger partial charge in [-0.05, 0) is 12.1 Å². The maximum Gasteiger partial charge on any atom is 0.264 e. The molecule has 0 spiro atoms. The number of rotatable bonds is 3. The van der Waals surface area contributed by atoms with Gasteiger partial charge in [0.1, 0.15) is 5.75 Å². The van der Waals surface area contributed by atoms with E-state index in [1.54, 1.807) is 12.1 Å². The molecule has 1 aromatic heterocycles. The molecular weight excluding hydrogens is 222 g/mol. The highest BCUT2D eigenvalue weighted by molar-refractivity contribution is 5.96. The third-order valence-electron chi connectivity index (χ3n) is 2.24. The molecule has 6 nitrogen and oxygen atoms in total. The van der Waals surface area contributed by atoms with E-state index in [1.807, 2.05) is 0 Å². The van der Waals surface area contributed by atoms with E-state index >= 15 is 0 Å². The van der Waals surface area contributed by atoms with E-state index in [-0.39, 0.29) is 23.4 Å². The van der Waals surface area contributed by atoms with Crippen molar-refractivity contribution in [2.45, 2.75) is 6.54 Å². The normalized spacial score (nSPS) is 10.1. The maximum absolute atomic E-state index is 11.7. The Kier molecular flexibility index (Phi) is 2.95. The molecule has 0 atom stereocenters. The molecule has 6 heteroatoms. The van der Waals surface area contributed by atoms with Crippen molar-refractivity contribution in [2.75, 3.05) is 0 Å². The second-order valence-corrected chi connectivity index (χ2v) is 3.48. The van der Waals surface area contributed by atoms with E-state index in [4.69, 9.17) is 0 Å². The van der Waals surface area contributed by atoms with E-state index in [9.17, 15) is 14.7 Å². The summed E-state index contributed by atoms with van der Waals surface area (Å²) in [5, 5.41) is 17.0. The van der Waals surface area contributed by atoms with Crippen LogP contribution in [-0.2, 0) is 6.54 Å². The monoisotopic (exact) mass is 233 g/mol. The third-order valence-corrected chi connectivity index (χ3v) is 2.24. The third kappa shape index (κ3) is 2.54. The standard InChI is InChI=1S/C11H11N3O3/c15-9-4-2-1-3-8(9)11(17)12-6-7-5-10(16)14-13-7/h1-5,15H,6H2,(H,12,17)(H2,13,14,16). The largest absolute Gasteiger partial charge is 0.507 e. The molecule has 0 unspecified atom stereocenters. The minimum Gasteiger partial charge on any atom is -0.507 e. The van der Waals surface area contributed by atoms with Gasteiger partial charge in [-0.1, -0.05) is 12.1 Å². The van der Waals surface area contributed by atoms with Crippen molar-refractivity contribution in [1.29, 1.82) is 0 Å². The van der Waals surface area contributed by atoms with Crippen LogP contribution in [0.2, 0.25) is 0 Å². The van der Waals surface area contributed by atoms with Gasteiger partial charge in [-0.25, -0.2) is 0 Å². The first kappa shape index (κ1) is 11.0. The fourth-order valence-corrected chi connectivity index (χ4v) is 1.40. The maximum atomic E-state index is 11.7. The van der Waals surface area contributed by atoms with Gasteiger partial charge in [-0.15, -0.1) is 0 Å². The van der Waals surface area contributed by atoms with E-state index in [0.29, 0.717) is 5.69 Å². The molecule has 4 N–H and O–H groups in total. The second kappa shape index (κ2) is 4.56. The van der Waals surface area contributed by atoms with Crippen molar-refractivity contribution in [2.24, 2.45) is 0 Å². The molecule has 0 aliphatic heterocycles. The SMILES string of the molecule is O=C(NCc1cc(=O)[nH][nH]1)c1ccccc1O. The fourth-order valence-electron chi connectivity index (χ4n) is 1.40. The van der Waals surface area contributed by atoms with Gasteiger partial charge in [-0.3, -0.25) is 14.7 Å². The number of aromatic hydroxyl groups is 1. The Morgan fingerprint density at radius 3 is 2.71 bits per heavy atom. The number of carbonyl (C=O) groups excluding carboxylic acids is 1. The summed E-state index contributed by atoms with van der Waals surface area (Å²) in [6.45, 7) is 0.186. The van der Waals surface area contributed by atoms with E-state index in [2.05, 4.69) is 15.5 Å². The van der Waals surface area contributed by atoms with Crippen LogP contribution in [0.1, 0.15) is 16.1 Å². The number of amides is 1. The first-order valence-corrected chi connectivity index (χ1v) is 4.99. The van der Waals surface area contributed by atoms with Crippen LogP contribution in [0.15, 0.2) is 35.1 Å². The van der Waals surface area contributed by atoms with Crippen molar-refractivity contribution < 1.29 is 9.90 Å². The zero-order valence-electron chi connectivity index (χ0n) is 8.86. The van der Waals surface area contributed by atoms with Crippen molar-refractivity contribution >= 4 is 5.91 Å². The molecule has 1 aromatic carbocycles. The number of benzene rings is 1. The summed E-state index contributed by atoms with van der Waals surface area (Å²) in [5.41, 5.74) is 0.515. The summed E-state index contributed by atoms with van der Waals surface area (Å²) in [5.74, 6) is -0.474. The Morgan fingerprint density at radius 2 is 2.06 bits per heavy atom. The van der Waals surface area contributed by atoms with Gasteiger partial charge in [0, 0.05) is 6.07 Å². The fraction of sp³-hybridized carbons (Fsp3) is 0.0909. The summed E-state index contributed by atoms with van der Waals surface area (Å²) in [6, 6.07) is 7.60. The average Bonchev–Trinajstić information content (AvgIpc) is 2.73. The lowest BCUT2D eigenvalue weighted by atomic mass is 10.2. The number of hydrogen-bond acceptors (Lipinski definition) is 3. The Morgan fingerprint density at radius 1 is 1.29 bits per heavy atom. The molecule has 1 amide bonds. The van der Waals surface area contributed by atoms with Crippen molar-refractivity contribution in [1.82, 2.24) is 15.5 Å². The smallest absolute Gasteiger partial charge is 0.264 e. The molecule has 0 bridgehead atoms. The number of nitrogens with one attached hydrogen (secondary N) is 3. The lowest BCUT2D eigenvalue weighted by Gasteiger charge is -2.04. The zero-order valence-corrected chi connectivity index (χ0v) is 8.86. The number of aromatic nitrogens is 2. The molecule has 0 aliphatic rings. The van der Waals surface area contributed by atoms with Gasteiger partial charge >= 0.3 is 0 Å². The molecule has 0 saturated heterocycles. The number of phenolic OH excluding ortho intramolecular Hbond substituents is 1. The summed E-state index contributed by atoms with van der Waals surface area (Å²) in [7, 11) is 0. The van der Waals surface area contributed by atoms with Gasteiger partial charge in [0.25, 0.3) is 11.5 Å². The van der Waals surface area contributed by atoms with Crippen molar-refractivity contribution in [3.05, 3.63) is 51.9 Å². The average molecular weight is 233 g/mol. The summed E-state index contributed by atoms with van der Waals surface area (Å²) < 4.78 is 0. The van der Waals surface area contributed by atoms with Crippen LogP contribution < -0.4 is 10.9 Å². The Balaban J connectivity index is 2.03. The van der Waals surface area contributed by atoms with E-state index in [1.165, 1.54) is 18.2 Å². The predicted octanol–water partition coefficient (Wildman–Crippen LogP) is 0.339. The molecule has 0 radical (unpaired) electrons. The van der Waals surface area contributed by atoms with Crippen LogP contribution in [0, 0.1) is 0 Å². The van der Waals surface area contributed by atoms with Gasteiger partial charge in [0.05, 0.1) is 17.8 Å². The number of carbonyl (C=O) groups is 1. The Labute approximate surface area is 96.3 Å². The lowest BCUT2D eigenvalue weighted by molar-refractivity contribution is 0.0948. The highest BCUT2D eigenvalue weighted by atomic mass is 16.3. The minimum absolute atomic E-state index is 0.0763. The summed E-state index contributed by atoms with van der Waals surface area (Å²) in [6.07, 6.45) is 0. The van der Waals surface area contributed by atoms with Crippen molar-refractivity contribution in [3.8, 4) is 5.75 Å². The zero-order chi connectivity index (χ0) is 12.3. The lowest BCUT2D eigenvalue weighted by Crippen LogP contribution is -2.23. The topological polar surface area (TPSA) is 98.0 Å². The van der Waals surface area contributed by atoms with Crippen LogP contribution in [0.4, 0.5) is 0 Å². The number of phenols is 1. The molecular formula is C11H11N3O3. The quantitative estimate of drug-likeness (QED) is 0.615. The molecule has 1 heterocycles. The first-order chi connectivity index (χ1) is 8.16. The van der Waals surface area contributed by atoms with Gasteiger partial charge in [-0.2, -0.15) is 0 Å². The van der Waals surface area contributed by atoms with Crippen LogP contribution in [0.5, 0.6) is 5.75 Å². The molecule has 17 heavy (non-hydrogen) atoms. The van der Waals surface area contributed by atoms with E-state index < -0.39 is 5.91 Å². The van der Waals surface area contributed by atoms with E-state index in [0.717, 1.165) is 0 Å². The van der Waals surface area contributed by atoms with Crippen LogP contribution in [0.3, 0.4) is 0 Å². The summed E-state index contributed by atoms with van der Waals surface area (Å²) in [4.78, 5) is 22.5. The van der Waals surface area contributed by atoms with Gasteiger partial charge < -0.3 is 15.5 Å².